The second-order valence-electron chi connectivity index (χ2n) is 4.04. The fourth-order valence-corrected chi connectivity index (χ4v) is 1.59. The zero-order chi connectivity index (χ0) is 15.1. The summed E-state index contributed by atoms with van der Waals surface area (Å²) < 4.78 is 6.22. The number of carboxylic acids is 1. The first-order chi connectivity index (χ1) is 9.41. The van der Waals surface area contributed by atoms with E-state index in [0.717, 1.165) is 6.20 Å². The number of hydrogen-bond donors (Lipinski definition) is 1. The first kappa shape index (κ1) is 15.6. The molecule has 1 N–H and O–H groups in total. The van der Waals surface area contributed by atoms with Crippen molar-refractivity contribution < 1.29 is 24.4 Å². The molecule has 0 saturated carbocycles. The number of ether oxygens (including phenoxy) is 1. The Morgan fingerprint density at radius 2 is 2.20 bits per heavy atom. The maximum Gasteiger partial charge on any atom is 0.342 e. The summed E-state index contributed by atoms with van der Waals surface area (Å²) in [7, 11) is 0. The predicted octanol–water partition coefficient (Wildman–Crippen LogP) is 0.898. The highest BCUT2D eigenvalue weighted by molar-refractivity contribution is 5.71. The van der Waals surface area contributed by atoms with E-state index >= 15 is 0 Å². The minimum Gasteiger partial charge on any atom is -0.481 e. The largest absolute Gasteiger partial charge is 0.481 e. The normalized spacial score (nSPS) is 10.2. The molecule has 0 bridgehead atoms. The van der Waals surface area contributed by atoms with Crippen LogP contribution in [0, 0.1) is 17.0 Å². The summed E-state index contributed by atoms with van der Waals surface area (Å²) in [6.07, 6.45) is 1.26. The SMILES string of the molecule is Cc1ncc([N+](=O)[O-])n1CCOC(=O)CCCC(=O)O. The van der Waals surface area contributed by atoms with Crippen molar-refractivity contribution in [3.8, 4) is 0 Å². The van der Waals surface area contributed by atoms with Crippen molar-refractivity contribution in [1.29, 1.82) is 0 Å². The highest BCUT2D eigenvalue weighted by Crippen LogP contribution is 2.13. The number of aliphatic carboxylic acids is 1. The number of aryl methyl sites for hydroxylation is 1. The lowest BCUT2D eigenvalue weighted by Gasteiger charge is -2.05. The molecule has 0 aliphatic heterocycles. The second kappa shape index (κ2) is 7.22. The van der Waals surface area contributed by atoms with Crippen molar-refractivity contribution in [1.82, 2.24) is 9.55 Å². The Balaban J connectivity index is 2.37. The van der Waals surface area contributed by atoms with Crippen LogP contribution in [0.5, 0.6) is 0 Å². The van der Waals surface area contributed by atoms with Gasteiger partial charge in [0.05, 0.1) is 0 Å². The first-order valence-corrected chi connectivity index (χ1v) is 5.95. The van der Waals surface area contributed by atoms with Crippen LogP contribution in [0.2, 0.25) is 0 Å². The van der Waals surface area contributed by atoms with Gasteiger partial charge < -0.3 is 20.0 Å². The molecule has 110 valence electrons. The van der Waals surface area contributed by atoms with Gasteiger partial charge in [-0.3, -0.25) is 9.59 Å². The molecular weight excluding hydrogens is 270 g/mol. The van der Waals surface area contributed by atoms with Crippen molar-refractivity contribution >= 4 is 17.8 Å². The van der Waals surface area contributed by atoms with Gasteiger partial charge in [0.1, 0.15) is 19.3 Å². The van der Waals surface area contributed by atoms with Crippen LogP contribution < -0.4 is 0 Å². The highest BCUT2D eigenvalue weighted by Gasteiger charge is 2.17. The number of esters is 1. The lowest BCUT2D eigenvalue weighted by atomic mass is 10.2. The Bertz CT molecular complexity index is 510. The monoisotopic (exact) mass is 285 g/mol. The van der Waals surface area contributed by atoms with Crippen LogP contribution in [0.3, 0.4) is 0 Å². The van der Waals surface area contributed by atoms with E-state index in [9.17, 15) is 19.7 Å². The standard InChI is InChI=1S/C11H15N3O6/c1-8-12-7-9(14(18)19)13(8)5-6-20-11(17)4-2-3-10(15)16/h7H,2-6H2,1H3,(H,15,16). The van der Waals surface area contributed by atoms with Crippen LogP contribution in [-0.4, -0.2) is 38.1 Å². The van der Waals surface area contributed by atoms with E-state index in [4.69, 9.17) is 9.84 Å². The molecule has 0 amide bonds. The van der Waals surface area contributed by atoms with E-state index in [0.29, 0.717) is 5.82 Å². The minimum absolute atomic E-state index is 0.0112. The number of rotatable bonds is 8. The average molecular weight is 285 g/mol. The zero-order valence-electron chi connectivity index (χ0n) is 10.9. The van der Waals surface area contributed by atoms with Crippen molar-refractivity contribution in [2.24, 2.45) is 0 Å². The smallest absolute Gasteiger partial charge is 0.342 e. The summed E-state index contributed by atoms with van der Waals surface area (Å²) in [5.41, 5.74) is 0. The van der Waals surface area contributed by atoms with E-state index in [1.807, 2.05) is 0 Å². The molecule has 9 heteroatoms. The molecule has 0 spiro atoms. The molecule has 0 aliphatic carbocycles. The fraction of sp³-hybridized carbons (Fsp3) is 0.545. The van der Waals surface area contributed by atoms with Gasteiger partial charge in [-0.05, 0) is 11.3 Å². The summed E-state index contributed by atoms with van der Waals surface area (Å²) in [6.45, 7) is 1.72. The maximum atomic E-state index is 11.3. The first-order valence-electron chi connectivity index (χ1n) is 5.95. The Morgan fingerprint density at radius 3 is 2.80 bits per heavy atom. The van der Waals surface area contributed by atoms with Crippen molar-refractivity contribution in [3.05, 3.63) is 22.1 Å². The van der Waals surface area contributed by atoms with E-state index in [1.54, 1.807) is 6.92 Å². The van der Waals surface area contributed by atoms with Crippen LogP contribution in [0.4, 0.5) is 5.82 Å². The van der Waals surface area contributed by atoms with Crippen LogP contribution in [0.15, 0.2) is 6.20 Å². The second-order valence-corrected chi connectivity index (χ2v) is 4.04. The summed E-state index contributed by atoms with van der Waals surface area (Å²) >= 11 is 0. The van der Waals surface area contributed by atoms with Gasteiger partial charge in [-0.15, -0.1) is 0 Å². The van der Waals surface area contributed by atoms with E-state index < -0.39 is 16.9 Å². The van der Waals surface area contributed by atoms with Gasteiger partial charge in [0.2, 0.25) is 0 Å². The number of carbonyl (C=O) groups excluding carboxylic acids is 1. The lowest BCUT2D eigenvalue weighted by Crippen LogP contribution is -2.13. The number of carboxylic acid groups (broad SMARTS) is 1. The molecule has 0 atom stereocenters. The van der Waals surface area contributed by atoms with Gasteiger partial charge in [0, 0.05) is 19.8 Å². The van der Waals surface area contributed by atoms with E-state index in [1.165, 1.54) is 4.57 Å². The molecule has 0 saturated heterocycles. The number of carbonyl (C=O) groups is 2. The maximum absolute atomic E-state index is 11.3. The van der Waals surface area contributed by atoms with Gasteiger partial charge in [0.15, 0.2) is 5.82 Å². The van der Waals surface area contributed by atoms with Gasteiger partial charge in [0.25, 0.3) is 0 Å². The molecule has 1 heterocycles. The average Bonchev–Trinajstić information content (AvgIpc) is 2.71. The molecule has 9 nitrogen and oxygen atoms in total. The molecule has 0 radical (unpaired) electrons. The Labute approximate surface area is 114 Å². The minimum atomic E-state index is -0.970. The summed E-state index contributed by atoms with van der Waals surface area (Å²) in [4.78, 5) is 35.5. The van der Waals surface area contributed by atoms with Crippen LogP contribution in [0.1, 0.15) is 25.1 Å². The Hall–Kier alpha value is -2.45. The van der Waals surface area contributed by atoms with Crippen LogP contribution >= 0.6 is 0 Å². The summed E-state index contributed by atoms with van der Waals surface area (Å²) in [5, 5.41) is 19.1. The fourth-order valence-electron chi connectivity index (χ4n) is 1.59. The summed E-state index contributed by atoms with van der Waals surface area (Å²) in [6, 6.07) is 0. The molecule has 1 rings (SSSR count). The quantitative estimate of drug-likeness (QED) is 0.427. The molecule has 0 unspecified atom stereocenters. The topological polar surface area (TPSA) is 125 Å². The molecule has 0 aliphatic rings. The lowest BCUT2D eigenvalue weighted by molar-refractivity contribution is -0.392. The third-order valence-electron chi connectivity index (χ3n) is 2.57. The zero-order valence-corrected chi connectivity index (χ0v) is 10.9. The van der Waals surface area contributed by atoms with Crippen LogP contribution in [-0.2, 0) is 20.9 Å². The van der Waals surface area contributed by atoms with E-state index in [-0.39, 0.29) is 38.2 Å². The van der Waals surface area contributed by atoms with Crippen molar-refractivity contribution in [3.63, 3.8) is 0 Å². The molecule has 0 fully saturated rings. The summed E-state index contributed by atoms with van der Waals surface area (Å²) in [5.74, 6) is -1.20. The molecule has 1 aromatic heterocycles. The van der Waals surface area contributed by atoms with Crippen LogP contribution in [0.25, 0.3) is 0 Å². The van der Waals surface area contributed by atoms with Gasteiger partial charge in [-0.2, -0.15) is 0 Å². The third kappa shape index (κ3) is 4.67. The van der Waals surface area contributed by atoms with Gasteiger partial charge >= 0.3 is 17.8 Å². The predicted molar refractivity (Wildman–Crippen MR) is 66.1 cm³/mol. The van der Waals surface area contributed by atoms with E-state index in [2.05, 4.69) is 4.98 Å². The Morgan fingerprint density at radius 1 is 1.50 bits per heavy atom. The molecule has 1 aromatic rings. The third-order valence-corrected chi connectivity index (χ3v) is 2.57. The number of imidazole rings is 1. The van der Waals surface area contributed by atoms with Gasteiger partial charge in [-0.25, -0.2) is 9.55 Å². The van der Waals surface area contributed by atoms with Gasteiger partial charge in [-0.1, -0.05) is 0 Å². The highest BCUT2D eigenvalue weighted by atomic mass is 16.6. The number of nitrogens with zero attached hydrogens (tertiary/aromatic N) is 3. The Kier molecular flexibility index (Phi) is 5.63. The number of nitro groups is 1. The van der Waals surface area contributed by atoms with Crippen molar-refractivity contribution in [2.45, 2.75) is 32.7 Å². The molecular formula is C11H15N3O6. The molecule has 20 heavy (non-hydrogen) atoms. The molecule has 0 aromatic carbocycles. The number of hydrogen-bond acceptors (Lipinski definition) is 6. The number of aromatic nitrogens is 2. The van der Waals surface area contributed by atoms with Crippen molar-refractivity contribution in [2.75, 3.05) is 6.61 Å².